The van der Waals surface area contributed by atoms with Crippen molar-refractivity contribution in [3.05, 3.63) is 60.9 Å². The maximum Gasteiger partial charge on any atom is 0.276 e. The fourth-order valence-electron chi connectivity index (χ4n) is 2.37. The van der Waals surface area contributed by atoms with E-state index in [0.717, 1.165) is 14.5 Å². The van der Waals surface area contributed by atoms with Gasteiger partial charge in [-0.1, -0.05) is 58.7 Å². The van der Waals surface area contributed by atoms with Gasteiger partial charge in [-0.3, -0.25) is 25.8 Å². The normalized spacial score (nSPS) is 10.9. The van der Waals surface area contributed by atoms with E-state index in [1.54, 1.807) is 24.3 Å². The molecular weight excluding hydrogens is 602 g/mol. The van der Waals surface area contributed by atoms with Crippen LogP contribution in [-0.4, -0.2) is 23.5 Å². The summed E-state index contributed by atoms with van der Waals surface area (Å²) in [4.78, 5) is 24.3. The van der Waals surface area contributed by atoms with Crippen LogP contribution in [0, 0.1) is 0 Å². The van der Waals surface area contributed by atoms with Gasteiger partial charge in [-0.2, -0.15) is 0 Å². The molecule has 0 fully saturated rings. The van der Waals surface area contributed by atoms with Gasteiger partial charge in [0.2, 0.25) is 0 Å². The van der Waals surface area contributed by atoms with E-state index in [0.29, 0.717) is 15.8 Å². The zero-order valence-corrected chi connectivity index (χ0v) is 22.0. The van der Waals surface area contributed by atoms with Crippen LogP contribution < -0.4 is 20.9 Å². The topological polar surface area (TPSA) is 79.5 Å². The monoisotopic (exact) mass is 619 g/mol. The van der Waals surface area contributed by atoms with Crippen LogP contribution in [0.5, 0.6) is 5.75 Å². The number of hydrazine groups is 1. The van der Waals surface area contributed by atoms with Crippen LogP contribution >= 0.6 is 60.0 Å². The second-order valence-corrected chi connectivity index (χ2v) is 10.3. The molecule has 0 unspecified atom stereocenters. The molecule has 0 spiro atoms. The van der Waals surface area contributed by atoms with Crippen molar-refractivity contribution >= 4 is 76.9 Å². The van der Waals surface area contributed by atoms with Crippen molar-refractivity contribution in [2.24, 2.45) is 0 Å². The lowest BCUT2D eigenvalue weighted by atomic mass is 9.86. The predicted molar refractivity (Wildman–Crippen MR) is 132 cm³/mol. The Hall–Kier alpha value is -1.49. The molecule has 0 aliphatic carbocycles. The SMILES string of the molecule is CC(C)(C)c1ccc(C(=O)NC(=S)NNC(=O)COc2ccc(Br)cc2Br)cc1Br. The van der Waals surface area contributed by atoms with Gasteiger partial charge in [-0.05, 0) is 69.5 Å². The number of carbonyl (C=O) groups is 2. The summed E-state index contributed by atoms with van der Waals surface area (Å²) in [5, 5.41) is 2.49. The van der Waals surface area contributed by atoms with Crippen LogP contribution in [0.4, 0.5) is 0 Å². The lowest BCUT2D eigenvalue weighted by molar-refractivity contribution is -0.123. The Morgan fingerprint density at radius 2 is 1.70 bits per heavy atom. The molecule has 0 aromatic heterocycles. The van der Waals surface area contributed by atoms with Crippen molar-refractivity contribution in [1.82, 2.24) is 16.2 Å². The molecule has 0 saturated heterocycles. The van der Waals surface area contributed by atoms with Gasteiger partial charge in [0.1, 0.15) is 5.75 Å². The molecule has 0 heterocycles. The van der Waals surface area contributed by atoms with Crippen molar-refractivity contribution in [1.29, 1.82) is 0 Å². The Labute approximate surface area is 205 Å². The van der Waals surface area contributed by atoms with Crippen LogP contribution in [0.15, 0.2) is 49.8 Å². The van der Waals surface area contributed by atoms with E-state index in [2.05, 4.69) is 84.7 Å². The molecule has 2 aromatic carbocycles. The van der Waals surface area contributed by atoms with E-state index < -0.39 is 11.8 Å². The highest BCUT2D eigenvalue weighted by molar-refractivity contribution is 9.11. The third kappa shape index (κ3) is 7.33. The average molecular weight is 622 g/mol. The molecule has 30 heavy (non-hydrogen) atoms. The van der Waals surface area contributed by atoms with Gasteiger partial charge in [0, 0.05) is 14.5 Å². The highest BCUT2D eigenvalue weighted by Gasteiger charge is 2.18. The van der Waals surface area contributed by atoms with E-state index in [1.807, 2.05) is 12.1 Å². The number of nitrogens with one attached hydrogen (secondary N) is 3. The van der Waals surface area contributed by atoms with E-state index in [4.69, 9.17) is 17.0 Å². The number of rotatable bonds is 4. The first-order chi connectivity index (χ1) is 14.0. The Kier molecular flexibility index (Phi) is 8.84. The highest BCUT2D eigenvalue weighted by Crippen LogP contribution is 2.30. The van der Waals surface area contributed by atoms with E-state index in [-0.39, 0.29) is 17.1 Å². The quantitative estimate of drug-likeness (QED) is 0.331. The van der Waals surface area contributed by atoms with Gasteiger partial charge in [-0.25, -0.2) is 0 Å². The molecule has 2 aromatic rings. The summed E-state index contributed by atoms with van der Waals surface area (Å²) in [5.74, 6) is -0.329. The highest BCUT2D eigenvalue weighted by atomic mass is 79.9. The number of amides is 2. The summed E-state index contributed by atoms with van der Waals surface area (Å²) in [6.07, 6.45) is 0. The van der Waals surface area contributed by atoms with Gasteiger partial charge in [0.15, 0.2) is 11.7 Å². The molecule has 0 aliphatic heterocycles. The van der Waals surface area contributed by atoms with Crippen molar-refractivity contribution in [2.45, 2.75) is 26.2 Å². The summed E-state index contributed by atoms with van der Waals surface area (Å²) in [6.45, 7) is 6.04. The molecule has 0 radical (unpaired) electrons. The molecule has 6 nitrogen and oxygen atoms in total. The van der Waals surface area contributed by atoms with Gasteiger partial charge in [0.05, 0.1) is 4.47 Å². The fourth-order valence-corrected chi connectivity index (χ4v) is 4.65. The summed E-state index contributed by atoms with van der Waals surface area (Å²) < 4.78 is 7.87. The largest absolute Gasteiger partial charge is 0.483 e. The van der Waals surface area contributed by atoms with E-state index in [1.165, 1.54) is 0 Å². The van der Waals surface area contributed by atoms with Crippen LogP contribution in [0.25, 0.3) is 0 Å². The fraction of sp³-hybridized carbons (Fsp3) is 0.250. The summed E-state index contributed by atoms with van der Waals surface area (Å²) in [6, 6.07) is 10.7. The Morgan fingerprint density at radius 3 is 2.30 bits per heavy atom. The smallest absolute Gasteiger partial charge is 0.276 e. The number of benzene rings is 2. The lowest BCUT2D eigenvalue weighted by Crippen LogP contribution is -2.49. The van der Waals surface area contributed by atoms with Crippen molar-refractivity contribution in [2.75, 3.05) is 6.61 Å². The molecule has 10 heteroatoms. The van der Waals surface area contributed by atoms with Crippen LogP contribution in [-0.2, 0) is 10.2 Å². The summed E-state index contributed by atoms with van der Waals surface area (Å²) in [7, 11) is 0. The first-order valence-electron chi connectivity index (χ1n) is 8.75. The predicted octanol–water partition coefficient (Wildman–Crippen LogP) is 4.99. The van der Waals surface area contributed by atoms with E-state index in [9.17, 15) is 9.59 Å². The first kappa shape index (κ1) is 24.8. The number of thiocarbonyl (C=S) groups is 1. The van der Waals surface area contributed by atoms with Crippen LogP contribution in [0.1, 0.15) is 36.7 Å². The summed E-state index contributed by atoms with van der Waals surface area (Å²) >= 11 is 15.3. The van der Waals surface area contributed by atoms with Crippen LogP contribution in [0.3, 0.4) is 0 Å². The molecule has 0 saturated carbocycles. The maximum absolute atomic E-state index is 12.4. The Morgan fingerprint density at radius 1 is 1.00 bits per heavy atom. The number of halogens is 3. The molecule has 3 N–H and O–H groups in total. The van der Waals surface area contributed by atoms with Gasteiger partial charge in [-0.15, -0.1) is 0 Å². The number of hydrogen-bond acceptors (Lipinski definition) is 4. The molecule has 0 bridgehead atoms. The van der Waals surface area contributed by atoms with Crippen molar-refractivity contribution in [3.63, 3.8) is 0 Å². The molecule has 0 atom stereocenters. The minimum atomic E-state index is -0.460. The zero-order valence-electron chi connectivity index (χ0n) is 16.4. The first-order valence-corrected chi connectivity index (χ1v) is 11.5. The van der Waals surface area contributed by atoms with Gasteiger partial charge >= 0.3 is 0 Å². The number of hydrogen-bond donors (Lipinski definition) is 3. The summed E-state index contributed by atoms with van der Waals surface area (Å²) in [5.41, 5.74) is 6.33. The Bertz CT molecular complexity index is 977. The van der Waals surface area contributed by atoms with Gasteiger partial charge in [0.25, 0.3) is 11.8 Å². The second kappa shape index (κ2) is 10.7. The Balaban J connectivity index is 1.83. The standard InChI is InChI=1S/C20H20Br3N3O3S/c1-20(2,3)13-6-4-11(8-14(13)22)18(28)24-19(30)26-25-17(27)10-29-16-7-5-12(21)9-15(16)23/h4-9H,10H2,1-3H3,(H,25,27)(H2,24,26,28,30). The van der Waals surface area contributed by atoms with Crippen molar-refractivity contribution < 1.29 is 14.3 Å². The third-order valence-corrected chi connectivity index (χ3v) is 5.81. The minimum absolute atomic E-state index is 0.0332. The van der Waals surface area contributed by atoms with E-state index >= 15 is 0 Å². The minimum Gasteiger partial charge on any atom is -0.483 e. The molecular formula is C20H20Br3N3O3S. The van der Waals surface area contributed by atoms with Crippen molar-refractivity contribution in [3.8, 4) is 5.75 Å². The molecule has 2 amide bonds. The lowest BCUT2D eigenvalue weighted by Gasteiger charge is -2.21. The van der Waals surface area contributed by atoms with Gasteiger partial charge < -0.3 is 4.74 Å². The molecule has 2 rings (SSSR count). The maximum atomic E-state index is 12.4. The van der Waals surface area contributed by atoms with Crippen LogP contribution in [0.2, 0.25) is 0 Å². The number of carbonyl (C=O) groups excluding carboxylic acids is 2. The second-order valence-electron chi connectivity index (χ2n) is 7.26. The zero-order chi connectivity index (χ0) is 22.5. The number of ether oxygens (including phenoxy) is 1. The third-order valence-electron chi connectivity index (χ3n) is 3.83. The average Bonchev–Trinajstić information content (AvgIpc) is 2.64. The molecule has 0 aliphatic rings. The molecule has 160 valence electrons.